The van der Waals surface area contributed by atoms with E-state index in [-0.39, 0.29) is 29.2 Å². The first-order valence-electron chi connectivity index (χ1n) is 8.39. The third kappa shape index (κ3) is 4.83. The lowest BCUT2D eigenvalue weighted by molar-refractivity contribution is -0.130. The van der Waals surface area contributed by atoms with E-state index in [1.165, 1.54) is 11.8 Å². The molecule has 1 fully saturated rings. The summed E-state index contributed by atoms with van der Waals surface area (Å²) in [6, 6.07) is 3.77. The molecule has 11 heteroatoms. The average Bonchev–Trinajstić information content (AvgIpc) is 3.33. The molecule has 0 unspecified atom stereocenters. The van der Waals surface area contributed by atoms with E-state index >= 15 is 0 Å². The van der Waals surface area contributed by atoms with Crippen LogP contribution < -0.4 is 0 Å². The average molecular weight is 416 g/mol. The Morgan fingerprint density at radius 2 is 2.35 bits per heavy atom. The molecule has 2 aromatic rings. The zero-order chi connectivity index (χ0) is 18.6. The van der Waals surface area contributed by atoms with Crippen molar-refractivity contribution in [3.8, 4) is 0 Å². The molecule has 0 bridgehead atoms. The summed E-state index contributed by atoms with van der Waals surface area (Å²) in [6.45, 7) is 3.12. The molecule has 1 atom stereocenters. The summed E-state index contributed by atoms with van der Waals surface area (Å²) < 4.78 is 25.2. The second-order valence-corrected chi connectivity index (χ2v) is 10.3. The highest BCUT2D eigenvalue weighted by Gasteiger charge is 2.34. The van der Waals surface area contributed by atoms with Gasteiger partial charge in [0.05, 0.1) is 23.8 Å². The van der Waals surface area contributed by atoms with E-state index in [4.69, 9.17) is 0 Å². The van der Waals surface area contributed by atoms with Crippen LogP contribution in [0.25, 0.3) is 0 Å². The summed E-state index contributed by atoms with van der Waals surface area (Å²) >= 11 is 2.91. The van der Waals surface area contributed by atoms with Crippen LogP contribution in [-0.4, -0.2) is 69.3 Å². The van der Waals surface area contributed by atoms with Crippen LogP contribution in [0.2, 0.25) is 0 Å². The van der Waals surface area contributed by atoms with Crippen molar-refractivity contribution in [1.29, 1.82) is 0 Å². The number of carbonyl (C=O) groups is 1. The van der Waals surface area contributed by atoms with Crippen molar-refractivity contribution in [2.45, 2.75) is 37.5 Å². The van der Waals surface area contributed by atoms with Crippen LogP contribution in [0.5, 0.6) is 0 Å². The monoisotopic (exact) mass is 415 g/mol. The molecular formula is C15H21N5O3S3. The zero-order valence-corrected chi connectivity index (χ0v) is 16.9. The third-order valence-corrected chi connectivity index (χ3v) is 7.70. The Kier molecular flexibility index (Phi) is 6.30. The van der Waals surface area contributed by atoms with Gasteiger partial charge < -0.3 is 4.90 Å². The van der Waals surface area contributed by atoms with Gasteiger partial charge in [0, 0.05) is 17.5 Å². The number of amides is 1. The van der Waals surface area contributed by atoms with Gasteiger partial charge in [-0.05, 0) is 34.7 Å². The van der Waals surface area contributed by atoms with Gasteiger partial charge in [-0.2, -0.15) is 0 Å². The molecule has 3 rings (SSSR count). The van der Waals surface area contributed by atoms with Gasteiger partial charge in [-0.15, -0.1) is 16.4 Å². The van der Waals surface area contributed by atoms with Gasteiger partial charge in [0.25, 0.3) is 0 Å². The Labute approximate surface area is 160 Å². The molecule has 1 aliphatic rings. The molecule has 2 aromatic heterocycles. The normalized spacial score (nSPS) is 18.9. The van der Waals surface area contributed by atoms with Gasteiger partial charge in [-0.3, -0.25) is 4.79 Å². The van der Waals surface area contributed by atoms with Crippen LogP contribution in [0.4, 0.5) is 0 Å². The van der Waals surface area contributed by atoms with Crippen LogP contribution >= 0.6 is 23.1 Å². The molecule has 142 valence electrons. The number of hydrogen-bond donors (Lipinski definition) is 0. The van der Waals surface area contributed by atoms with Crippen molar-refractivity contribution >= 4 is 38.8 Å². The number of rotatable bonds is 8. The second-order valence-electron chi connectivity index (χ2n) is 6.13. The number of tetrazole rings is 1. The van der Waals surface area contributed by atoms with Gasteiger partial charge in [0.2, 0.25) is 11.1 Å². The van der Waals surface area contributed by atoms with Gasteiger partial charge >= 0.3 is 0 Å². The van der Waals surface area contributed by atoms with Crippen LogP contribution in [-0.2, 0) is 21.2 Å². The van der Waals surface area contributed by atoms with E-state index in [1.807, 2.05) is 24.4 Å². The fourth-order valence-electron chi connectivity index (χ4n) is 2.93. The van der Waals surface area contributed by atoms with E-state index < -0.39 is 9.84 Å². The molecule has 8 nitrogen and oxygen atoms in total. The van der Waals surface area contributed by atoms with Gasteiger partial charge in [0.1, 0.15) is 0 Å². The Morgan fingerprint density at radius 3 is 3.00 bits per heavy atom. The predicted octanol–water partition coefficient (Wildman–Crippen LogP) is 1.30. The van der Waals surface area contributed by atoms with Crippen LogP contribution in [0, 0.1) is 0 Å². The predicted molar refractivity (Wildman–Crippen MR) is 101 cm³/mol. The maximum atomic E-state index is 12.7. The Morgan fingerprint density at radius 1 is 1.50 bits per heavy atom. The Hall–Kier alpha value is -1.46. The molecule has 0 N–H and O–H groups in total. The number of carbonyl (C=O) groups excluding carboxylic acids is 1. The van der Waals surface area contributed by atoms with Crippen molar-refractivity contribution in [3.05, 3.63) is 22.4 Å². The first-order chi connectivity index (χ1) is 12.5. The minimum Gasteiger partial charge on any atom is -0.338 e. The van der Waals surface area contributed by atoms with Gasteiger partial charge in [-0.1, -0.05) is 24.8 Å². The van der Waals surface area contributed by atoms with Crippen molar-refractivity contribution in [2.24, 2.45) is 0 Å². The molecule has 0 spiro atoms. The highest BCUT2D eigenvalue weighted by Crippen LogP contribution is 2.22. The number of nitrogens with zero attached hydrogens (tertiary/aromatic N) is 5. The number of hydrogen-bond acceptors (Lipinski definition) is 8. The molecule has 1 amide bonds. The lowest BCUT2D eigenvalue weighted by atomic mass is 10.2. The highest BCUT2D eigenvalue weighted by molar-refractivity contribution is 7.99. The molecule has 1 saturated heterocycles. The summed E-state index contributed by atoms with van der Waals surface area (Å²) in [5.41, 5.74) is 0. The maximum Gasteiger partial charge on any atom is 0.233 e. The molecule has 0 aromatic carbocycles. The summed E-state index contributed by atoms with van der Waals surface area (Å²) in [5.74, 6) is 0.364. The number of thioether (sulfide) groups is 1. The molecule has 0 saturated carbocycles. The topological polar surface area (TPSA) is 98.1 Å². The van der Waals surface area contributed by atoms with E-state index in [1.54, 1.807) is 20.9 Å². The van der Waals surface area contributed by atoms with Crippen molar-refractivity contribution in [3.63, 3.8) is 0 Å². The molecule has 0 radical (unpaired) electrons. The van der Waals surface area contributed by atoms with Crippen LogP contribution in [0.3, 0.4) is 0 Å². The van der Waals surface area contributed by atoms with Crippen molar-refractivity contribution in [2.75, 3.05) is 23.8 Å². The lowest BCUT2D eigenvalue weighted by Gasteiger charge is -2.27. The summed E-state index contributed by atoms with van der Waals surface area (Å²) in [5, 5.41) is 14.3. The summed E-state index contributed by atoms with van der Waals surface area (Å²) in [6.07, 6.45) is 1.32. The van der Waals surface area contributed by atoms with E-state index in [0.717, 1.165) is 11.3 Å². The minimum atomic E-state index is -3.02. The standard InChI is InChI=1S/C15H21N5O3S3/c1-2-6-19(12-5-8-26(22,23)11-12)14(21)10-25-15-16-17-18-20(15)9-13-4-3-7-24-13/h3-4,7,12H,2,5-6,8-11H2,1H3/t12-/m0/s1. The van der Waals surface area contributed by atoms with Crippen molar-refractivity contribution < 1.29 is 13.2 Å². The Balaban J connectivity index is 1.61. The number of thiophene rings is 1. The maximum absolute atomic E-state index is 12.7. The van der Waals surface area contributed by atoms with Crippen molar-refractivity contribution in [1.82, 2.24) is 25.1 Å². The van der Waals surface area contributed by atoms with E-state index in [0.29, 0.717) is 24.7 Å². The summed E-state index contributed by atoms with van der Waals surface area (Å²) in [4.78, 5) is 15.5. The Bertz CT molecular complexity index is 835. The molecule has 0 aliphatic carbocycles. The van der Waals surface area contributed by atoms with Gasteiger partial charge in [0.15, 0.2) is 9.84 Å². The van der Waals surface area contributed by atoms with E-state index in [9.17, 15) is 13.2 Å². The molecule has 3 heterocycles. The first kappa shape index (κ1) is 19.3. The molecule has 1 aliphatic heterocycles. The van der Waals surface area contributed by atoms with Gasteiger partial charge in [-0.25, -0.2) is 13.1 Å². The lowest BCUT2D eigenvalue weighted by Crippen LogP contribution is -2.42. The third-order valence-electron chi connectivity index (χ3n) is 4.14. The zero-order valence-electron chi connectivity index (χ0n) is 14.4. The van der Waals surface area contributed by atoms with Crippen LogP contribution in [0.15, 0.2) is 22.7 Å². The number of aromatic nitrogens is 4. The SMILES string of the molecule is CCCN(C(=O)CSc1nnnn1Cc1cccs1)[C@H]1CCS(=O)(=O)C1. The molecule has 26 heavy (non-hydrogen) atoms. The minimum absolute atomic E-state index is 0.0652. The van der Waals surface area contributed by atoms with E-state index in [2.05, 4.69) is 15.5 Å². The highest BCUT2D eigenvalue weighted by atomic mass is 32.2. The fourth-order valence-corrected chi connectivity index (χ4v) is 6.11. The smallest absolute Gasteiger partial charge is 0.233 e. The quantitative estimate of drug-likeness (QED) is 0.599. The second kappa shape index (κ2) is 8.49. The molecular weight excluding hydrogens is 394 g/mol. The first-order valence-corrected chi connectivity index (χ1v) is 12.1. The van der Waals surface area contributed by atoms with Crippen LogP contribution in [0.1, 0.15) is 24.6 Å². The largest absolute Gasteiger partial charge is 0.338 e. The fraction of sp³-hybridized carbons (Fsp3) is 0.600. The number of sulfone groups is 1. The summed E-state index contributed by atoms with van der Waals surface area (Å²) in [7, 11) is -3.02.